The molecule has 0 amide bonds. The van der Waals surface area contributed by atoms with Crippen LogP contribution in [0.1, 0.15) is 0 Å². The molecule has 2 rings (SSSR count). The van der Waals surface area contributed by atoms with E-state index >= 15 is 0 Å². The molecular weight excluding hydrogens is 300 g/mol. The summed E-state index contributed by atoms with van der Waals surface area (Å²) in [6.07, 6.45) is 0. The lowest BCUT2D eigenvalue weighted by atomic mass is 10.2. The Labute approximate surface area is 109 Å². The van der Waals surface area contributed by atoms with Crippen LogP contribution in [0.2, 0.25) is 0 Å². The zero-order valence-corrected chi connectivity index (χ0v) is 10.5. The largest absolute Gasteiger partial charge is 0.425 e. The van der Waals surface area contributed by atoms with Crippen LogP contribution in [-0.4, -0.2) is 23.0 Å². The van der Waals surface area contributed by atoms with Gasteiger partial charge in [-0.15, -0.1) is 5.11 Å². The number of non-ortho nitro benzene ring substituents is 1. The van der Waals surface area contributed by atoms with E-state index in [2.05, 4.69) is 18.3 Å². The smallest absolute Gasteiger partial charge is 0.258 e. The molecular formula is C7H4N4O6S2. The SMILES string of the molecule is O=[N+]([O-])c1ccc2nsc(/N=N/S(=O)(=O)OO)c2c1. The maximum absolute atomic E-state index is 10.7. The summed E-state index contributed by atoms with van der Waals surface area (Å²) in [4.78, 5) is 10.0. The van der Waals surface area contributed by atoms with Crippen molar-refractivity contribution in [3.8, 4) is 0 Å². The molecule has 0 aliphatic heterocycles. The normalized spacial score (nSPS) is 12.3. The predicted molar refractivity (Wildman–Crippen MR) is 63.4 cm³/mol. The third-order valence-electron chi connectivity index (χ3n) is 1.98. The summed E-state index contributed by atoms with van der Waals surface area (Å²) in [5, 5.41) is 22.3. The summed E-state index contributed by atoms with van der Waals surface area (Å²) in [7, 11) is -4.53. The van der Waals surface area contributed by atoms with Crippen molar-refractivity contribution >= 4 is 43.4 Å². The van der Waals surface area contributed by atoms with Gasteiger partial charge in [-0.25, -0.2) is 5.26 Å². The van der Waals surface area contributed by atoms with Gasteiger partial charge in [0, 0.05) is 17.5 Å². The standard InChI is InChI=1S/C7H4N4O6S2/c12-11(13)4-1-2-6-5(3-4)7(18-9-6)8-10-19(15,16)17-14/h1-3,14H/b10-8+. The number of benzene rings is 1. The van der Waals surface area contributed by atoms with Crippen LogP contribution in [0, 0.1) is 10.1 Å². The molecule has 0 saturated heterocycles. The van der Waals surface area contributed by atoms with Crippen molar-refractivity contribution in [2.45, 2.75) is 0 Å². The minimum Gasteiger partial charge on any atom is -0.258 e. The van der Waals surface area contributed by atoms with E-state index in [0.29, 0.717) is 5.52 Å². The van der Waals surface area contributed by atoms with Crippen LogP contribution in [0.3, 0.4) is 0 Å². The molecule has 0 aliphatic rings. The minimum atomic E-state index is -4.53. The van der Waals surface area contributed by atoms with Gasteiger partial charge in [0.25, 0.3) is 5.69 Å². The van der Waals surface area contributed by atoms with Gasteiger partial charge >= 0.3 is 10.3 Å². The molecule has 1 N–H and O–H groups in total. The number of rotatable bonds is 4. The van der Waals surface area contributed by atoms with Crippen molar-refractivity contribution in [2.24, 2.45) is 9.63 Å². The molecule has 1 heterocycles. The average Bonchev–Trinajstić information content (AvgIpc) is 2.78. The third-order valence-corrected chi connectivity index (χ3v) is 3.21. The molecule has 2 aromatic rings. The van der Waals surface area contributed by atoms with Crippen LogP contribution in [0.5, 0.6) is 0 Å². The predicted octanol–water partition coefficient (Wildman–Crippen LogP) is 2.02. The fourth-order valence-electron chi connectivity index (χ4n) is 1.20. The van der Waals surface area contributed by atoms with Gasteiger partial charge in [-0.2, -0.15) is 12.8 Å². The summed E-state index contributed by atoms with van der Waals surface area (Å²) in [5.41, 5.74) is 0.220. The maximum Gasteiger partial charge on any atom is 0.425 e. The Morgan fingerprint density at radius 1 is 1.47 bits per heavy atom. The molecule has 12 heteroatoms. The van der Waals surface area contributed by atoms with Gasteiger partial charge in [-0.3, -0.25) is 10.1 Å². The molecule has 0 spiro atoms. The molecule has 1 aromatic heterocycles. The Bertz CT molecular complexity index is 767. The first-order chi connectivity index (χ1) is 8.93. The first-order valence-corrected chi connectivity index (χ1v) is 6.61. The first kappa shape index (κ1) is 13.4. The van der Waals surface area contributed by atoms with Crippen molar-refractivity contribution in [1.82, 2.24) is 4.37 Å². The van der Waals surface area contributed by atoms with Gasteiger partial charge in [-0.05, 0) is 22.1 Å². The number of aromatic nitrogens is 1. The van der Waals surface area contributed by atoms with Gasteiger partial charge in [0.15, 0.2) is 5.00 Å². The van der Waals surface area contributed by atoms with E-state index in [1.807, 2.05) is 0 Å². The Kier molecular flexibility index (Phi) is 3.48. The van der Waals surface area contributed by atoms with Crippen molar-refractivity contribution in [3.63, 3.8) is 0 Å². The Hall–Kier alpha value is -2.02. The lowest BCUT2D eigenvalue weighted by Gasteiger charge is -1.92. The van der Waals surface area contributed by atoms with Gasteiger partial charge in [0.05, 0.1) is 10.4 Å². The van der Waals surface area contributed by atoms with Gasteiger partial charge in [0.1, 0.15) is 0 Å². The number of fused-ring (bicyclic) bond motifs is 1. The van der Waals surface area contributed by atoms with E-state index in [-0.39, 0.29) is 16.1 Å². The van der Waals surface area contributed by atoms with Crippen molar-refractivity contribution in [1.29, 1.82) is 0 Å². The minimum absolute atomic E-state index is 0.0410. The van der Waals surface area contributed by atoms with E-state index in [1.165, 1.54) is 18.2 Å². The highest BCUT2D eigenvalue weighted by molar-refractivity contribution is 7.85. The second kappa shape index (κ2) is 4.93. The van der Waals surface area contributed by atoms with E-state index in [1.54, 1.807) is 0 Å². The van der Waals surface area contributed by atoms with Crippen molar-refractivity contribution < 1.29 is 22.9 Å². The monoisotopic (exact) mass is 304 g/mol. The fourth-order valence-corrected chi connectivity index (χ4v) is 2.15. The van der Waals surface area contributed by atoms with Crippen molar-refractivity contribution in [3.05, 3.63) is 28.3 Å². The molecule has 0 bridgehead atoms. The molecule has 0 aliphatic carbocycles. The third kappa shape index (κ3) is 2.87. The maximum atomic E-state index is 10.7. The molecule has 19 heavy (non-hydrogen) atoms. The number of hydrogen-bond acceptors (Lipinski definition) is 9. The van der Waals surface area contributed by atoms with Gasteiger partial charge < -0.3 is 0 Å². The van der Waals surface area contributed by atoms with Crippen LogP contribution in [0.4, 0.5) is 10.7 Å². The fraction of sp³-hybridized carbons (Fsp3) is 0. The summed E-state index contributed by atoms with van der Waals surface area (Å²) in [6.45, 7) is 0. The molecule has 0 fully saturated rings. The van der Waals surface area contributed by atoms with Crippen LogP contribution < -0.4 is 0 Å². The topological polar surface area (TPSA) is 144 Å². The molecule has 100 valence electrons. The van der Waals surface area contributed by atoms with Crippen molar-refractivity contribution in [2.75, 3.05) is 0 Å². The second-order valence-corrected chi connectivity index (χ2v) is 5.05. The summed E-state index contributed by atoms with van der Waals surface area (Å²) < 4.78 is 31.3. The van der Waals surface area contributed by atoms with Crippen LogP contribution in [-0.2, 0) is 14.6 Å². The van der Waals surface area contributed by atoms with E-state index < -0.39 is 15.2 Å². The van der Waals surface area contributed by atoms with Gasteiger partial charge in [0.2, 0.25) is 0 Å². The molecule has 0 atom stereocenters. The highest BCUT2D eigenvalue weighted by Gasteiger charge is 2.13. The average molecular weight is 304 g/mol. The number of nitro groups is 1. The summed E-state index contributed by atoms with van der Waals surface area (Å²) >= 11 is 0.800. The highest BCUT2D eigenvalue weighted by Crippen LogP contribution is 2.33. The lowest BCUT2D eigenvalue weighted by molar-refractivity contribution is -0.384. The molecule has 0 saturated carbocycles. The molecule has 0 radical (unpaired) electrons. The van der Waals surface area contributed by atoms with Crippen LogP contribution in [0.15, 0.2) is 27.8 Å². The van der Waals surface area contributed by atoms with E-state index in [9.17, 15) is 18.5 Å². The molecule has 10 nitrogen and oxygen atoms in total. The van der Waals surface area contributed by atoms with Crippen LogP contribution >= 0.6 is 11.5 Å². The number of nitrogens with zero attached hydrogens (tertiary/aromatic N) is 4. The van der Waals surface area contributed by atoms with Crippen LogP contribution in [0.25, 0.3) is 10.9 Å². The second-order valence-electron chi connectivity index (χ2n) is 3.13. The number of nitro benzene ring substituents is 1. The summed E-state index contributed by atoms with van der Waals surface area (Å²) in [5.74, 6) is 0. The quantitative estimate of drug-likeness (QED) is 0.393. The highest BCUT2D eigenvalue weighted by atomic mass is 32.2. The Morgan fingerprint density at radius 2 is 2.21 bits per heavy atom. The van der Waals surface area contributed by atoms with E-state index in [4.69, 9.17) is 5.26 Å². The van der Waals surface area contributed by atoms with E-state index in [0.717, 1.165) is 11.5 Å². The first-order valence-electron chi connectivity index (χ1n) is 4.48. The number of hydrogen-bond donors (Lipinski definition) is 1. The zero-order valence-electron chi connectivity index (χ0n) is 8.83. The van der Waals surface area contributed by atoms with Gasteiger partial charge in [-0.1, -0.05) is 4.33 Å². The lowest BCUT2D eigenvalue weighted by Crippen LogP contribution is -1.95. The summed E-state index contributed by atoms with van der Waals surface area (Å²) in [6, 6.07) is 3.86. The zero-order chi connectivity index (χ0) is 14.0. The Morgan fingerprint density at radius 3 is 2.84 bits per heavy atom. The molecule has 1 aromatic carbocycles. The Balaban J connectivity index is 2.50. The molecule has 0 unspecified atom stereocenters.